The number of likely N-dealkylation sites (N-methyl/N-ethyl adjacent to an activating group) is 1. The lowest BCUT2D eigenvalue weighted by molar-refractivity contribution is -0.384. The average Bonchev–Trinajstić information content (AvgIpc) is 3.43. The maximum atomic E-state index is 14.3. The number of piperidine rings is 1. The SMILES string of the molecule is C=CCN(C(=O)OCc1ccc([N+](=O)[O-])cc1)C1CCN(CC2CC(N(C)[C@@H](C(=O)O)C(C)C)CC2c2cccc(F)c2)CC1. The molecule has 2 aliphatic rings. The summed E-state index contributed by atoms with van der Waals surface area (Å²) in [4.78, 5) is 41.7. The standard InChI is InChI=1S/C34H45FN4O6/c1-5-15-38(34(42)45-22-24-9-11-29(12-10-24)39(43)44)28-13-16-37(17-14-28)21-26-19-30(36(4)32(23(2)3)33(40)41)20-31(26)25-7-6-8-27(35)18-25/h5-12,18,23,26,28,30-32H,1,13-17,19-22H2,2-4H3,(H,40,41)/t26?,30?,31?,32-/m1/s1. The van der Waals surface area contributed by atoms with E-state index in [1.165, 1.54) is 18.2 Å². The number of carbonyl (C=O) groups excluding carboxylic acids is 1. The molecule has 1 heterocycles. The predicted molar refractivity (Wildman–Crippen MR) is 169 cm³/mol. The molecule has 3 unspecified atom stereocenters. The van der Waals surface area contributed by atoms with Gasteiger partial charge >= 0.3 is 12.1 Å². The van der Waals surface area contributed by atoms with Gasteiger partial charge in [0.05, 0.1) is 4.92 Å². The van der Waals surface area contributed by atoms with Gasteiger partial charge in [-0.05, 0) is 85.9 Å². The molecule has 0 spiro atoms. The van der Waals surface area contributed by atoms with Gasteiger partial charge in [0.1, 0.15) is 18.5 Å². The first kappa shape index (κ1) is 34.1. The third kappa shape index (κ3) is 8.67. The molecule has 244 valence electrons. The van der Waals surface area contributed by atoms with Crippen molar-refractivity contribution in [3.05, 3.63) is 88.2 Å². The van der Waals surface area contributed by atoms with Crippen molar-refractivity contribution >= 4 is 17.7 Å². The number of nitro groups is 1. The molecule has 2 aromatic carbocycles. The zero-order valence-corrected chi connectivity index (χ0v) is 26.4. The predicted octanol–water partition coefficient (Wildman–Crippen LogP) is 5.93. The first-order valence-electron chi connectivity index (χ1n) is 15.7. The van der Waals surface area contributed by atoms with Crippen LogP contribution in [0.3, 0.4) is 0 Å². The Kier molecular flexibility index (Phi) is 11.7. The lowest BCUT2D eigenvalue weighted by Gasteiger charge is -2.39. The fraction of sp³-hybridized carbons (Fsp3) is 0.529. The summed E-state index contributed by atoms with van der Waals surface area (Å²) in [6, 6.07) is 12.2. The van der Waals surface area contributed by atoms with Crippen LogP contribution in [0.15, 0.2) is 61.2 Å². The number of likely N-dealkylation sites (tertiary alicyclic amines) is 1. The van der Waals surface area contributed by atoms with Crippen molar-refractivity contribution in [2.24, 2.45) is 11.8 Å². The highest BCUT2D eigenvalue weighted by molar-refractivity contribution is 5.73. The van der Waals surface area contributed by atoms with Crippen LogP contribution in [0, 0.1) is 27.8 Å². The van der Waals surface area contributed by atoms with E-state index >= 15 is 0 Å². The number of ether oxygens (including phenoxy) is 1. The lowest BCUT2D eigenvalue weighted by atomic mass is 9.88. The van der Waals surface area contributed by atoms with Crippen LogP contribution in [0.5, 0.6) is 0 Å². The number of benzene rings is 2. The van der Waals surface area contributed by atoms with Crippen LogP contribution in [-0.4, -0.2) is 88.1 Å². The van der Waals surface area contributed by atoms with Crippen LogP contribution in [0.4, 0.5) is 14.9 Å². The molecule has 2 fully saturated rings. The molecule has 1 aliphatic carbocycles. The topological polar surface area (TPSA) is 116 Å². The second-order valence-corrected chi connectivity index (χ2v) is 12.7. The maximum Gasteiger partial charge on any atom is 0.410 e. The number of rotatable bonds is 13. The highest BCUT2D eigenvalue weighted by atomic mass is 19.1. The van der Waals surface area contributed by atoms with Gasteiger partial charge in [0, 0.05) is 50.4 Å². The zero-order chi connectivity index (χ0) is 32.7. The molecule has 1 N–H and O–H groups in total. The Labute approximate surface area is 264 Å². The lowest BCUT2D eigenvalue weighted by Crippen LogP contribution is -2.48. The minimum absolute atomic E-state index is 0.0155. The Hall–Kier alpha value is -3.83. The van der Waals surface area contributed by atoms with E-state index in [1.807, 2.05) is 31.9 Å². The van der Waals surface area contributed by atoms with E-state index < -0.39 is 23.0 Å². The molecule has 1 saturated carbocycles. The number of carbonyl (C=O) groups is 2. The van der Waals surface area contributed by atoms with Gasteiger partial charge in [-0.2, -0.15) is 0 Å². The summed E-state index contributed by atoms with van der Waals surface area (Å²) >= 11 is 0. The fourth-order valence-corrected chi connectivity index (χ4v) is 7.13. The number of hydrogen-bond donors (Lipinski definition) is 1. The number of hydrogen-bond acceptors (Lipinski definition) is 7. The minimum atomic E-state index is -0.823. The van der Waals surface area contributed by atoms with E-state index in [0.717, 1.165) is 50.9 Å². The van der Waals surface area contributed by atoms with Crippen molar-refractivity contribution < 1.29 is 28.7 Å². The normalized spacial score (nSPS) is 21.5. The van der Waals surface area contributed by atoms with Crippen molar-refractivity contribution in [1.29, 1.82) is 0 Å². The van der Waals surface area contributed by atoms with Crippen molar-refractivity contribution in [3.8, 4) is 0 Å². The van der Waals surface area contributed by atoms with Crippen molar-refractivity contribution in [2.75, 3.05) is 33.2 Å². The third-order valence-electron chi connectivity index (χ3n) is 9.41. The molecule has 1 aliphatic heterocycles. The smallest absolute Gasteiger partial charge is 0.410 e. The largest absolute Gasteiger partial charge is 0.480 e. The Morgan fingerprint density at radius 3 is 2.42 bits per heavy atom. The average molecular weight is 625 g/mol. The minimum Gasteiger partial charge on any atom is -0.480 e. The van der Waals surface area contributed by atoms with Gasteiger partial charge < -0.3 is 19.6 Å². The van der Waals surface area contributed by atoms with E-state index in [2.05, 4.69) is 11.5 Å². The van der Waals surface area contributed by atoms with Gasteiger partial charge in [0.15, 0.2) is 0 Å². The zero-order valence-electron chi connectivity index (χ0n) is 26.4. The van der Waals surface area contributed by atoms with Gasteiger partial charge in [-0.1, -0.05) is 32.1 Å². The van der Waals surface area contributed by atoms with Crippen LogP contribution in [0.25, 0.3) is 0 Å². The number of nitro benzene ring substituents is 1. The highest BCUT2D eigenvalue weighted by Gasteiger charge is 2.42. The van der Waals surface area contributed by atoms with Crippen molar-refractivity contribution in [3.63, 3.8) is 0 Å². The number of amides is 1. The summed E-state index contributed by atoms with van der Waals surface area (Å²) in [5.41, 5.74) is 1.60. The van der Waals surface area contributed by atoms with Crippen molar-refractivity contribution in [2.45, 2.75) is 70.2 Å². The monoisotopic (exact) mass is 624 g/mol. The molecule has 4 atom stereocenters. The first-order chi connectivity index (χ1) is 21.5. The Morgan fingerprint density at radius 2 is 1.84 bits per heavy atom. The highest BCUT2D eigenvalue weighted by Crippen LogP contribution is 2.43. The molecule has 0 aromatic heterocycles. The van der Waals surface area contributed by atoms with E-state index in [9.17, 15) is 29.2 Å². The van der Waals surface area contributed by atoms with E-state index in [0.29, 0.717) is 12.1 Å². The van der Waals surface area contributed by atoms with Crippen LogP contribution in [0.1, 0.15) is 56.6 Å². The van der Waals surface area contributed by atoms with Gasteiger partial charge in [-0.3, -0.25) is 19.8 Å². The molecule has 0 bridgehead atoms. The third-order valence-corrected chi connectivity index (χ3v) is 9.41. The second kappa shape index (κ2) is 15.4. The summed E-state index contributed by atoms with van der Waals surface area (Å²) in [5, 5.41) is 20.8. The number of carboxylic acids is 1. The number of aliphatic carboxylic acids is 1. The second-order valence-electron chi connectivity index (χ2n) is 12.7. The molecular formula is C34H45FN4O6. The van der Waals surface area contributed by atoms with Gasteiger partial charge in [0.2, 0.25) is 0 Å². The molecule has 11 heteroatoms. The molecule has 4 rings (SSSR count). The van der Waals surface area contributed by atoms with Gasteiger partial charge in [0.25, 0.3) is 5.69 Å². The number of nitrogens with zero attached hydrogens (tertiary/aromatic N) is 4. The summed E-state index contributed by atoms with van der Waals surface area (Å²) < 4.78 is 19.8. The molecule has 1 saturated heterocycles. The number of halogens is 1. The number of non-ortho nitro benzene ring substituents is 1. The van der Waals surface area contributed by atoms with Crippen molar-refractivity contribution in [1.82, 2.24) is 14.7 Å². The quantitative estimate of drug-likeness (QED) is 0.166. The first-order valence-corrected chi connectivity index (χ1v) is 15.7. The molecule has 45 heavy (non-hydrogen) atoms. The number of carboxylic acid groups (broad SMARTS) is 1. The fourth-order valence-electron chi connectivity index (χ4n) is 7.13. The Morgan fingerprint density at radius 1 is 1.16 bits per heavy atom. The van der Waals surface area contributed by atoms with Crippen LogP contribution in [0.2, 0.25) is 0 Å². The van der Waals surface area contributed by atoms with E-state index in [-0.39, 0.29) is 47.9 Å². The molecule has 0 radical (unpaired) electrons. The van der Waals surface area contributed by atoms with Gasteiger partial charge in [-0.25, -0.2) is 9.18 Å². The maximum absolute atomic E-state index is 14.3. The van der Waals surface area contributed by atoms with Crippen LogP contribution < -0.4 is 0 Å². The van der Waals surface area contributed by atoms with Gasteiger partial charge in [-0.15, -0.1) is 6.58 Å². The van der Waals surface area contributed by atoms with Crippen LogP contribution >= 0.6 is 0 Å². The van der Waals surface area contributed by atoms with Crippen LogP contribution in [-0.2, 0) is 16.1 Å². The van der Waals surface area contributed by atoms with E-state index in [1.54, 1.807) is 35.2 Å². The van der Waals surface area contributed by atoms with E-state index in [4.69, 9.17) is 4.74 Å². The summed E-state index contributed by atoms with van der Waals surface area (Å²) in [6.07, 6.45) is 4.35. The molecule has 10 nitrogen and oxygen atoms in total. The Bertz CT molecular complexity index is 1330. The Balaban J connectivity index is 1.38. The molecule has 2 aromatic rings. The molecular weight excluding hydrogens is 579 g/mol. The molecule has 1 amide bonds. The summed E-state index contributed by atoms with van der Waals surface area (Å²) in [5.74, 6) is -0.794. The summed E-state index contributed by atoms with van der Waals surface area (Å²) in [6.45, 7) is 10.4. The summed E-state index contributed by atoms with van der Waals surface area (Å²) in [7, 11) is 1.90.